The van der Waals surface area contributed by atoms with Crippen LogP contribution in [0, 0.1) is 0 Å². The summed E-state index contributed by atoms with van der Waals surface area (Å²) in [5, 5.41) is 10.3. The van der Waals surface area contributed by atoms with E-state index in [0.717, 1.165) is 16.1 Å². The van der Waals surface area contributed by atoms with Crippen molar-refractivity contribution in [2.75, 3.05) is 17.9 Å². The smallest absolute Gasteiger partial charge is 0.304 e. The van der Waals surface area contributed by atoms with E-state index in [9.17, 15) is 13.2 Å². The first-order valence-electron chi connectivity index (χ1n) is 8.43. The highest BCUT2D eigenvalue weighted by molar-refractivity contribution is 8.15. The Morgan fingerprint density at radius 1 is 1.39 bits per heavy atom. The Balaban J connectivity index is 1.68. The number of para-hydroxylation sites is 1. The maximum Gasteiger partial charge on any atom is 0.304 e. The third-order valence-corrected chi connectivity index (χ3v) is 7.31. The zero-order valence-corrected chi connectivity index (χ0v) is 16.5. The molecule has 0 saturated carbocycles. The molecule has 3 aromatic rings. The van der Waals surface area contributed by atoms with Gasteiger partial charge in [-0.15, -0.1) is 0 Å². The van der Waals surface area contributed by atoms with Crippen molar-refractivity contribution in [2.24, 2.45) is 4.99 Å². The molecule has 0 saturated heterocycles. The van der Waals surface area contributed by atoms with Crippen LogP contribution in [-0.2, 0) is 14.8 Å². The van der Waals surface area contributed by atoms with E-state index < -0.39 is 16.0 Å². The molecule has 2 aromatic heterocycles. The zero-order valence-electron chi connectivity index (χ0n) is 14.8. The van der Waals surface area contributed by atoms with Crippen LogP contribution in [0.25, 0.3) is 10.9 Å². The number of aliphatic carboxylic acids is 1. The van der Waals surface area contributed by atoms with E-state index in [-0.39, 0.29) is 16.8 Å². The van der Waals surface area contributed by atoms with Crippen molar-refractivity contribution < 1.29 is 22.7 Å². The van der Waals surface area contributed by atoms with Gasteiger partial charge in [0.1, 0.15) is 5.04 Å². The number of hydrogen-bond donors (Lipinski definition) is 2. The van der Waals surface area contributed by atoms with Crippen LogP contribution in [0.1, 0.15) is 12.1 Å². The fourth-order valence-corrected chi connectivity index (χ4v) is 5.24. The van der Waals surface area contributed by atoms with Crippen molar-refractivity contribution in [1.82, 2.24) is 4.98 Å². The SMILES string of the molecule is CN(c1cccc2cc(C3=NCC(CC(=O)O)S3)[nH]c12)S(=O)(=O)c1ccco1. The number of furan rings is 1. The van der Waals surface area contributed by atoms with Crippen LogP contribution < -0.4 is 4.31 Å². The lowest BCUT2D eigenvalue weighted by Gasteiger charge is -2.18. The van der Waals surface area contributed by atoms with Gasteiger partial charge >= 0.3 is 5.97 Å². The first-order valence-corrected chi connectivity index (χ1v) is 10.8. The Labute approximate surface area is 165 Å². The third-order valence-electron chi connectivity index (χ3n) is 4.43. The molecular weight excluding hydrogens is 402 g/mol. The van der Waals surface area contributed by atoms with E-state index in [1.165, 1.54) is 41.5 Å². The van der Waals surface area contributed by atoms with Gasteiger partial charge in [-0.25, -0.2) is 0 Å². The Morgan fingerprint density at radius 3 is 2.93 bits per heavy atom. The predicted molar refractivity (Wildman–Crippen MR) is 108 cm³/mol. The fraction of sp³-hybridized carbons (Fsp3) is 0.222. The number of carboxylic acids is 1. The average Bonchev–Trinajstić information content (AvgIpc) is 3.39. The molecule has 1 aliphatic rings. The molecule has 0 bridgehead atoms. The molecule has 0 amide bonds. The number of fused-ring (bicyclic) bond motifs is 1. The minimum absolute atomic E-state index is 0.0489. The summed E-state index contributed by atoms with van der Waals surface area (Å²) < 4.78 is 31.8. The van der Waals surface area contributed by atoms with E-state index in [2.05, 4.69) is 9.98 Å². The van der Waals surface area contributed by atoms with Crippen LogP contribution in [-0.4, -0.2) is 48.4 Å². The molecule has 2 N–H and O–H groups in total. The summed E-state index contributed by atoms with van der Waals surface area (Å²) in [5.41, 5.74) is 1.87. The van der Waals surface area contributed by atoms with Gasteiger partial charge in [-0.2, -0.15) is 8.42 Å². The Bertz CT molecular complexity index is 1170. The van der Waals surface area contributed by atoms with Crippen molar-refractivity contribution >= 4 is 49.4 Å². The topological polar surface area (TPSA) is 116 Å². The zero-order chi connectivity index (χ0) is 19.9. The number of aromatic nitrogens is 1. The molecular formula is C18H17N3O5S2. The van der Waals surface area contributed by atoms with Gasteiger partial charge in [0.2, 0.25) is 5.09 Å². The van der Waals surface area contributed by atoms with Crippen LogP contribution in [0.5, 0.6) is 0 Å². The van der Waals surface area contributed by atoms with Crippen molar-refractivity contribution in [1.29, 1.82) is 0 Å². The average molecular weight is 419 g/mol. The van der Waals surface area contributed by atoms with Gasteiger partial charge < -0.3 is 14.5 Å². The number of anilines is 1. The van der Waals surface area contributed by atoms with E-state index in [1.807, 2.05) is 12.1 Å². The standard InChI is InChI=1S/C18H17N3O5S2/c1-21(28(24,25)16-6-3-7-26-16)14-5-2-4-11-8-13(20-17(11)14)18-19-10-12(27-18)9-15(22)23/h2-8,12,20H,9-10H2,1H3,(H,22,23). The van der Waals surface area contributed by atoms with E-state index >= 15 is 0 Å². The molecule has 1 aromatic carbocycles. The molecule has 8 nitrogen and oxygen atoms in total. The summed E-state index contributed by atoms with van der Waals surface area (Å²) in [6, 6.07) is 10.2. The number of nitrogens with zero attached hydrogens (tertiary/aromatic N) is 2. The van der Waals surface area contributed by atoms with Gasteiger partial charge in [0.15, 0.2) is 0 Å². The van der Waals surface area contributed by atoms with Gasteiger partial charge in [-0.1, -0.05) is 23.9 Å². The highest BCUT2D eigenvalue weighted by Gasteiger charge is 2.27. The number of rotatable bonds is 6. The highest BCUT2D eigenvalue weighted by Crippen LogP contribution is 2.33. The summed E-state index contributed by atoms with van der Waals surface area (Å²) in [5.74, 6) is -0.849. The summed E-state index contributed by atoms with van der Waals surface area (Å²) in [4.78, 5) is 18.6. The number of aliphatic imine (C=N–C) groups is 1. The minimum atomic E-state index is -3.83. The molecule has 1 atom stereocenters. The molecule has 0 radical (unpaired) electrons. The molecule has 1 unspecified atom stereocenters. The number of carbonyl (C=O) groups is 1. The van der Waals surface area contributed by atoms with Crippen LogP contribution in [0.15, 0.2) is 57.2 Å². The number of hydrogen-bond acceptors (Lipinski definition) is 6. The molecule has 10 heteroatoms. The van der Waals surface area contributed by atoms with Crippen molar-refractivity contribution in [3.8, 4) is 0 Å². The van der Waals surface area contributed by atoms with E-state index in [4.69, 9.17) is 9.52 Å². The van der Waals surface area contributed by atoms with Crippen LogP contribution >= 0.6 is 11.8 Å². The lowest BCUT2D eigenvalue weighted by atomic mass is 10.2. The van der Waals surface area contributed by atoms with Gasteiger partial charge in [0.25, 0.3) is 10.0 Å². The largest absolute Gasteiger partial charge is 0.481 e. The normalized spacial score (nSPS) is 17.0. The number of carboxylic acid groups (broad SMARTS) is 1. The van der Waals surface area contributed by atoms with Crippen LogP contribution in [0.3, 0.4) is 0 Å². The number of sulfonamides is 1. The molecule has 0 spiro atoms. The second-order valence-corrected chi connectivity index (χ2v) is 9.50. The molecule has 1 aliphatic heterocycles. The first-order chi connectivity index (χ1) is 13.4. The first kappa shape index (κ1) is 18.6. The van der Waals surface area contributed by atoms with Crippen molar-refractivity contribution in [3.05, 3.63) is 48.4 Å². The van der Waals surface area contributed by atoms with Gasteiger partial charge in [-0.3, -0.25) is 14.1 Å². The van der Waals surface area contributed by atoms with Crippen LogP contribution in [0.4, 0.5) is 5.69 Å². The number of benzene rings is 1. The van der Waals surface area contributed by atoms with Crippen molar-refractivity contribution in [3.63, 3.8) is 0 Å². The second-order valence-electron chi connectivity index (χ2n) is 6.31. The molecule has 3 heterocycles. The lowest BCUT2D eigenvalue weighted by molar-refractivity contribution is -0.136. The summed E-state index contributed by atoms with van der Waals surface area (Å²) in [7, 11) is -2.36. The highest BCUT2D eigenvalue weighted by atomic mass is 32.2. The van der Waals surface area contributed by atoms with Crippen molar-refractivity contribution in [2.45, 2.75) is 16.8 Å². The monoisotopic (exact) mass is 419 g/mol. The number of aromatic amines is 1. The Hall–Kier alpha value is -2.72. The Morgan fingerprint density at radius 2 is 2.21 bits per heavy atom. The predicted octanol–water partition coefficient (Wildman–Crippen LogP) is 2.92. The summed E-state index contributed by atoms with van der Waals surface area (Å²) >= 11 is 1.42. The molecule has 0 fully saturated rings. The number of H-pyrrole nitrogens is 1. The lowest BCUT2D eigenvalue weighted by Crippen LogP contribution is -2.26. The molecule has 28 heavy (non-hydrogen) atoms. The van der Waals surface area contributed by atoms with Crippen LogP contribution in [0.2, 0.25) is 0 Å². The second kappa shape index (κ2) is 7.02. The van der Waals surface area contributed by atoms with Gasteiger partial charge in [-0.05, 0) is 24.3 Å². The maximum atomic E-state index is 12.8. The van der Waals surface area contributed by atoms with E-state index in [1.54, 1.807) is 12.1 Å². The molecule has 146 valence electrons. The molecule has 0 aliphatic carbocycles. The van der Waals surface area contributed by atoms with Gasteiger partial charge in [0.05, 0.1) is 36.1 Å². The third kappa shape index (κ3) is 3.29. The summed E-state index contributed by atoms with van der Waals surface area (Å²) in [6.45, 7) is 0.446. The van der Waals surface area contributed by atoms with E-state index in [0.29, 0.717) is 17.7 Å². The summed E-state index contributed by atoms with van der Waals surface area (Å²) in [6.07, 6.45) is 1.37. The quantitative estimate of drug-likeness (QED) is 0.635. The fourth-order valence-electron chi connectivity index (χ4n) is 3.06. The minimum Gasteiger partial charge on any atom is -0.481 e. The maximum absolute atomic E-state index is 12.8. The van der Waals surface area contributed by atoms with Gasteiger partial charge in [0, 0.05) is 17.7 Å². The Kier molecular flexibility index (Phi) is 4.68. The molecule has 4 rings (SSSR count). The number of thioether (sulfide) groups is 1. The number of nitrogens with one attached hydrogen (secondary N) is 1.